The Labute approximate surface area is 83.3 Å². The van der Waals surface area contributed by atoms with Crippen LogP contribution < -0.4 is 4.89 Å². The molecule has 82 valence electrons. The molecule has 6 heteroatoms. The van der Waals surface area contributed by atoms with Gasteiger partial charge in [0.25, 0.3) is 5.78 Å². The van der Waals surface area contributed by atoms with Crippen molar-refractivity contribution in [2.45, 2.75) is 6.18 Å². The fraction of sp³-hybridized carbons (Fsp3) is 0.222. The largest absolute Gasteiger partial charge is 0.454 e. The first-order valence-electron chi connectivity index (χ1n) is 3.87. The summed E-state index contributed by atoms with van der Waals surface area (Å²) >= 11 is 0. The quantitative estimate of drug-likeness (QED) is 0.445. The molecule has 0 aliphatic heterocycles. The molecule has 1 aromatic carbocycles. The van der Waals surface area contributed by atoms with Gasteiger partial charge in [0.15, 0.2) is 5.75 Å². The van der Waals surface area contributed by atoms with Crippen molar-refractivity contribution in [1.29, 1.82) is 0 Å². The van der Waals surface area contributed by atoms with E-state index in [2.05, 4.69) is 9.78 Å². The summed E-state index contributed by atoms with van der Waals surface area (Å²) in [6.07, 6.45) is -4.86. The first-order valence-corrected chi connectivity index (χ1v) is 3.87. The average molecular weight is 220 g/mol. The van der Waals surface area contributed by atoms with E-state index in [4.69, 9.17) is 0 Å². The summed E-state index contributed by atoms with van der Waals surface area (Å²) in [6.45, 7) is 0. The van der Waals surface area contributed by atoms with Crippen LogP contribution in [0.15, 0.2) is 24.3 Å². The molecular weight excluding hydrogens is 213 g/mol. The summed E-state index contributed by atoms with van der Waals surface area (Å²) in [6, 6.07) is 4.46. The van der Waals surface area contributed by atoms with Crippen LogP contribution in [0.3, 0.4) is 0 Å². The lowest BCUT2D eigenvalue weighted by atomic mass is 10.1. The van der Waals surface area contributed by atoms with Crippen LogP contribution in [0, 0.1) is 0 Å². The number of hydrogen-bond donors (Lipinski definition) is 0. The van der Waals surface area contributed by atoms with E-state index in [1.807, 2.05) is 0 Å². The monoisotopic (exact) mass is 220 g/mol. The molecule has 0 unspecified atom stereocenters. The van der Waals surface area contributed by atoms with Crippen LogP contribution in [0.2, 0.25) is 0 Å². The molecule has 0 heterocycles. The highest BCUT2D eigenvalue weighted by atomic mass is 19.4. The van der Waals surface area contributed by atoms with Crippen LogP contribution in [0.1, 0.15) is 10.4 Å². The molecule has 1 rings (SSSR count). The number of carbonyl (C=O) groups excluding carboxylic acids is 1. The third kappa shape index (κ3) is 2.95. The Morgan fingerprint density at radius 2 is 1.73 bits per heavy atom. The van der Waals surface area contributed by atoms with E-state index in [1.54, 1.807) is 0 Å². The van der Waals surface area contributed by atoms with Gasteiger partial charge in [0.05, 0.1) is 7.11 Å². The second kappa shape index (κ2) is 4.31. The predicted octanol–water partition coefficient (Wildman–Crippen LogP) is 2.37. The number of halogens is 3. The minimum absolute atomic E-state index is 0.219. The Balaban J connectivity index is 2.85. The van der Waals surface area contributed by atoms with Crippen molar-refractivity contribution < 1.29 is 27.7 Å². The number of carbonyl (C=O) groups is 1. The van der Waals surface area contributed by atoms with Crippen molar-refractivity contribution in [3.8, 4) is 5.75 Å². The fourth-order valence-corrected chi connectivity index (χ4v) is 0.922. The molecule has 0 amide bonds. The van der Waals surface area contributed by atoms with E-state index >= 15 is 0 Å². The lowest BCUT2D eigenvalue weighted by Gasteiger charge is -2.05. The van der Waals surface area contributed by atoms with Gasteiger partial charge < -0.3 is 4.89 Å². The summed E-state index contributed by atoms with van der Waals surface area (Å²) in [4.78, 5) is 19.6. The molecule has 0 spiro atoms. The van der Waals surface area contributed by atoms with Crippen LogP contribution in [-0.2, 0) is 4.89 Å². The van der Waals surface area contributed by atoms with Crippen LogP contribution in [0.4, 0.5) is 13.2 Å². The van der Waals surface area contributed by atoms with Gasteiger partial charge in [0.2, 0.25) is 0 Å². The molecule has 0 radical (unpaired) electrons. The molecule has 0 atom stereocenters. The van der Waals surface area contributed by atoms with Gasteiger partial charge in [0.1, 0.15) is 0 Å². The number of benzene rings is 1. The van der Waals surface area contributed by atoms with E-state index in [-0.39, 0.29) is 5.75 Å². The van der Waals surface area contributed by atoms with E-state index in [0.29, 0.717) is 0 Å². The zero-order valence-corrected chi connectivity index (χ0v) is 7.67. The molecule has 0 saturated carbocycles. The smallest absolute Gasteiger partial charge is 0.338 e. The fourth-order valence-electron chi connectivity index (χ4n) is 0.922. The maximum Gasteiger partial charge on any atom is 0.454 e. The molecule has 0 aromatic heterocycles. The predicted molar refractivity (Wildman–Crippen MR) is 44.5 cm³/mol. The van der Waals surface area contributed by atoms with Crippen LogP contribution in [-0.4, -0.2) is 19.1 Å². The van der Waals surface area contributed by atoms with Crippen molar-refractivity contribution in [3.63, 3.8) is 0 Å². The Hall–Kier alpha value is -1.56. The van der Waals surface area contributed by atoms with Crippen molar-refractivity contribution >= 4 is 5.78 Å². The van der Waals surface area contributed by atoms with Crippen molar-refractivity contribution in [2.75, 3.05) is 7.11 Å². The number of ketones is 1. The lowest BCUT2D eigenvalue weighted by Crippen LogP contribution is -2.22. The van der Waals surface area contributed by atoms with Gasteiger partial charge >= 0.3 is 6.18 Å². The summed E-state index contributed by atoms with van der Waals surface area (Å²) in [5.41, 5.74) is -0.439. The van der Waals surface area contributed by atoms with Crippen molar-refractivity contribution in [2.24, 2.45) is 0 Å². The van der Waals surface area contributed by atoms with Gasteiger partial charge in [-0.1, -0.05) is 0 Å². The van der Waals surface area contributed by atoms with Crippen molar-refractivity contribution in [3.05, 3.63) is 29.8 Å². The summed E-state index contributed by atoms with van der Waals surface area (Å²) in [5.74, 6) is -1.66. The van der Waals surface area contributed by atoms with Gasteiger partial charge in [-0.15, -0.1) is 0 Å². The number of rotatable bonds is 3. The normalized spacial score (nSPS) is 11.2. The maximum atomic E-state index is 12.0. The first-order chi connectivity index (χ1) is 6.95. The second-order valence-corrected chi connectivity index (χ2v) is 2.60. The standard InChI is InChI=1S/C9H7F3O3/c1-14-15-7-4-2-6(3-5-7)8(13)9(10,11)12/h2-5H,1H3. The molecule has 15 heavy (non-hydrogen) atoms. The third-order valence-electron chi connectivity index (χ3n) is 1.55. The summed E-state index contributed by atoms with van der Waals surface area (Å²) < 4.78 is 35.9. The van der Waals surface area contributed by atoms with Gasteiger partial charge in [-0.2, -0.15) is 18.1 Å². The van der Waals surface area contributed by atoms with Crippen LogP contribution in [0.25, 0.3) is 0 Å². The highest BCUT2D eigenvalue weighted by Crippen LogP contribution is 2.22. The first kappa shape index (κ1) is 11.5. The van der Waals surface area contributed by atoms with Gasteiger partial charge in [0, 0.05) is 5.56 Å². The minimum atomic E-state index is -4.86. The molecule has 3 nitrogen and oxygen atoms in total. The van der Waals surface area contributed by atoms with Gasteiger partial charge in [-0.25, -0.2) is 0 Å². The van der Waals surface area contributed by atoms with Gasteiger partial charge in [-0.05, 0) is 24.3 Å². The van der Waals surface area contributed by atoms with Crippen molar-refractivity contribution in [1.82, 2.24) is 0 Å². The summed E-state index contributed by atoms with van der Waals surface area (Å²) in [7, 11) is 1.26. The number of hydrogen-bond acceptors (Lipinski definition) is 3. The van der Waals surface area contributed by atoms with E-state index < -0.39 is 17.5 Å². The Morgan fingerprint density at radius 3 is 2.13 bits per heavy atom. The molecule has 0 fully saturated rings. The van der Waals surface area contributed by atoms with E-state index in [0.717, 1.165) is 12.1 Å². The molecule has 0 aliphatic rings. The molecule has 0 N–H and O–H groups in total. The molecule has 0 bridgehead atoms. The van der Waals surface area contributed by atoms with E-state index in [1.165, 1.54) is 19.2 Å². The Bertz CT molecular complexity index is 343. The molecule has 0 saturated heterocycles. The van der Waals surface area contributed by atoms with Crippen LogP contribution >= 0.6 is 0 Å². The molecule has 0 aliphatic carbocycles. The topological polar surface area (TPSA) is 35.5 Å². The van der Waals surface area contributed by atoms with Gasteiger partial charge in [-0.3, -0.25) is 4.79 Å². The zero-order chi connectivity index (χ0) is 11.5. The third-order valence-corrected chi connectivity index (χ3v) is 1.55. The highest BCUT2D eigenvalue weighted by molar-refractivity contribution is 6.00. The number of Topliss-reactive ketones (excluding diaryl/α,β-unsaturated/α-hetero) is 1. The van der Waals surface area contributed by atoms with E-state index in [9.17, 15) is 18.0 Å². The SMILES string of the molecule is COOc1ccc(C(=O)C(F)(F)F)cc1. The zero-order valence-electron chi connectivity index (χ0n) is 7.67. The lowest BCUT2D eigenvalue weighted by molar-refractivity contribution is -0.178. The highest BCUT2D eigenvalue weighted by Gasteiger charge is 2.39. The molecule has 1 aromatic rings. The molecular formula is C9H7F3O3. The Kier molecular flexibility index (Phi) is 3.31. The van der Waals surface area contributed by atoms with Crippen LogP contribution in [0.5, 0.6) is 5.75 Å². The Morgan fingerprint density at radius 1 is 1.20 bits per heavy atom. The average Bonchev–Trinajstić information content (AvgIpc) is 2.17. The second-order valence-electron chi connectivity index (χ2n) is 2.60. The minimum Gasteiger partial charge on any atom is -0.338 e. The maximum absolute atomic E-state index is 12.0. The number of alkyl halides is 3. The summed E-state index contributed by atoms with van der Waals surface area (Å²) in [5, 5.41) is 0.